The normalized spacial score (nSPS) is 17.9. The summed E-state index contributed by atoms with van der Waals surface area (Å²) in [6.45, 7) is -0.0985. The van der Waals surface area contributed by atoms with Crippen molar-refractivity contribution in [2.75, 3.05) is 31.1 Å². The first-order chi connectivity index (χ1) is 20.4. The molecule has 11 N–H and O–H groups in total. The fourth-order valence-electron chi connectivity index (χ4n) is 4.00. The molecule has 0 aliphatic carbocycles. The highest BCUT2D eigenvalue weighted by Gasteiger charge is 2.44. The Morgan fingerprint density at radius 1 is 1.05 bits per heavy atom. The number of nitrogens with zero attached hydrogens (tertiary/aromatic N) is 3. The third kappa shape index (κ3) is 8.21. The van der Waals surface area contributed by atoms with Crippen LogP contribution < -0.4 is 27.4 Å². The Morgan fingerprint density at radius 2 is 1.65 bits per heavy atom. The lowest BCUT2D eigenvalue weighted by Gasteiger charge is -2.22. The predicted molar refractivity (Wildman–Crippen MR) is 168 cm³/mol. The van der Waals surface area contributed by atoms with E-state index < -0.39 is 21.4 Å². The predicted octanol–water partition coefficient (Wildman–Crippen LogP) is 1.00. The summed E-state index contributed by atoms with van der Waals surface area (Å²) >= 11 is 6.56. The van der Waals surface area contributed by atoms with Gasteiger partial charge in [-0.25, -0.2) is 9.98 Å². The van der Waals surface area contributed by atoms with Crippen molar-refractivity contribution in [3.8, 4) is 0 Å². The molecule has 0 radical (unpaired) electrons. The largest absolute Gasteiger partial charge is 0.370 e. The van der Waals surface area contributed by atoms with Gasteiger partial charge < -0.3 is 42.4 Å². The summed E-state index contributed by atoms with van der Waals surface area (Å²) in [5.41, 5.74) is 11.9. The van der Waals surface area contributed by atoms with E-state index in [0.717, 1.165) is 4.47 Å². The molecular formula is C24H27Br2N11O5S. The molecule has 0 saturated heterocycles. The van der Waals surface area contributed by atoms with E-state index in [1.54, 1.807) is 48.8 Å². The Labute approximate surface area is 262 Å². The van der Waals surface area contributed by atoms with Crippen LogP contribution in [0.15, 0.2) is 61.7 Å². The first-order valence-electron chi connectivity index (χ1n) is 12.4. The number of aromatic amines is 3. The number of nitrogens with two attached hydrogens (primary N) is 2. The van der Waals surface area contributed by atoms with Crippen molar-refractivity contribution in [3.63, 3.8) is 0 Å². The molecule has 43 heavy (non-hydrogen) atoms. The first kappa shape index (κ1) is 31.7. The van der Waals surface area contributed by atoms with Crippen LogP contribution in [-0.2, 0) is 15.7 Å². The summed E-state index contributed by atoms with van der Waals surface area (Å²) in [7, 11) is -4.30. The van der Waals surface area contributed by atoms with Crippen molar-refractivity contribution in [3.05, 3.63) is 74.5 Å². The Bertz CT molecular complexity index is 1740. The van der Waals surface area contributed by atoms with E-state index in [1.807, 2.05) is 0 Å². The molecule has 19 heteroatoms. The van der Waals surface area contributed by atoms with Crippen molar-refractivity contribution in [2.24, 2.45) is 15.7 Å². The number of amidine groups is 1. The number of nitrogens with one attached hydrogen (secondary N) is 6. The second-order valence-electron chi connectivity index (χ2n) is 8.98. The Morgan fingerprint density at radius 3 is 2.21 bits per heavy atom. The van der Waals surface area contributed by atoms with Gasteiger partial charge in [0.2, 0.25) is 0 Å². The summed E-state index contributed by atoms with van der Waals surface area (Å²) < 4.78 is 33.3. The fourth-order valence-corrected chi connectivity index (χ4v) is 5.01. The van der Waals surface area contributed by atoms with Crippen molar-refractivity contribution >= 4 is 77.6 Å². The Kier molecular flexibility index (Phi) is 9.89. The number of aromatic nitrogens is 4. The van der Waals surface area contributed by atoms with Crippen LogP contribution in [0.2, 0.25) is 0 Å². The van der Waals surface area contributed by atoms with Crippen LogP contribution in [0.1, 0.15) is 32.4 Å². The molecule has 0 spiro atoms. The van der Waals surface area contributed by atoms with E-state index in [1.165, 1.54) is 0 Å². The van der Waals surface area contributed by atoms with Crippen LogP contribution in [0.3, 0.4) is 0 Å². The molecule has 0 bridgehead atoms. The molecule has 3 aromatic rings. The number of nitrogen functional groups attached to an aromatic ring is 1. The number of H-pyrrole nitrogens is 3. The van der Waals surface area contributed by atoms with Gasteiger partial charge in [0.1, 0.15) is 17.2 Å². The lowest BCUT2D eigenvalue weighted by molar-refractivity contribution is 0.0945. The molecule has 16 nitrogen and oxygen atoms in total. The summed E-state index contributed by atoms with van der Waals surface area (Å²) in [6.07, 6.45) is 9.71. The number of carbonyl (C=O) groups excluding carboxylic acids is 2. The summed E-state index contributed by atoms with van der Waals surface area (Å²) in [6, 6.07) is 3.26. The number of halogens is 2. The minimum atomic E-state index is -4.30. The van der Waals surface area contributed by atoms with E-state index in [-0.39, 0.29) is 49.2 Å². The Balaban J connectivity index is 1.61. The van der Waals surface area contributed by atoms with Crippen molar-refractivity contribution in [2.45, 2.75) is 5.54 Å². The molecule has 4 heterocycles. The van der Waals surface area contributed by atoms with Crippen LogP contribution >= 0.6 is 31.9 Å². The second kappa shape index (κ2) is 13.4. The number of carbonyl (C=O) groups is 2. The number of guanidine groups is 1. The lowest BCUT2D eigenvalue weighted by atomic mass is 9.92. The van der Waals surface area contributed by atoms with E-state index in [0.29, 0.717) is 27.2 Å². The fraction of sp³-hybridized carbons (Fsp3) is 0.208. The zero-order valence-electron chi connectivity index (χ0n) is 22.2. The molecule has 0 saturated carbocycles. The molecule has 3 aromatic heterocycles. The van der Waals surface area contributed by atoms with E-state index in [4.69, 9.17) is 11.5 Å². The summed E-state index contributed by atoms with van der Waals surface area (Å²) in [5.74, 6) is -1.21. The standard InChI is InChI=1S/C24H27Br2N11O5S/c25-13-9-16(32-11-13)19(38)29-5-1-3-15-18(35-22(27)34-15)24(4-2-6-30-20(39)17-10-14(26)12-33-17)21(36-23(28)37-24)31-7-8-43(40,41)42/h1-4,9-12,32-33H,5-8H2,(H,29,38)(H,30,39)(H3,27,34,35)(H,40,41,42)(H3,28,31,36,37)/b3-1+,4-2+. The quantitative estimate of drug-likeness (QED) is 0.0946. The van der Waals surface area contributed by atoms with Gasteiger partial charge in [-0.1, -0.05) is 12.2 Å². The van der Waals surface area contributed by atoms with Crippen LogP contribution in [0.25, 0.3) is 6.08 Å². The number of anilines is 1. The summed E-state index contributed by atoms with van der Waals surface area (Å²) in [5, 5.41) is 8.31. The van der Waals surface area contributed by atoms with Crippen molar-refractivity contribution in [1.82, 2.24) is 35.9 Å². The van der Waals surface area contributed by atoms with Gasteiger partial charge in [0.05, 0.1) is 23.7 Å². The van der Waals surface area contributed by atoms with Gasteiger partial charge >= 0.3 is 0 Å². The van der Waals surface area contributed by atoms with Crippen LogP contribution in [0.4, 0.5) is 5.95 Å². The van der Waals surface area contributed by atoms with Gasteiger partial charge in [0, 0.05) is 34.4 Å². The second-order valence-corrected chi connectivity index (χ2v) is 12.4. The molecule has 2 amide bonds. The number of imidazole rings is 1. The van der Waals surface area contributed by atoms with E-state index in [9.17, 15) is 22.6 Å². The summed E-state index contributed by atoms with van der Waals surface area (Å²) in [4.78, 5) is 46.6. The highest BCUT2D eigenvalue weighted by Crippen LogP contribution is 2.34. The molecular weight excluding hydrogens is 714 g/mol. The third-order valence-electron chi connectivity index (χ3n) is 5.84. The molecule has 4 rings (SSSR count). The maximum Gasteiger partial charge on any atom is 0.267 e. The molecule has 1 atom stereocenters. The maximum atomic E-state index is 12.5. The average Bonchev–Trinajstić information content (AvgIpc) is 3.71. The van der Waals surface area contributed by atoms with Gasteiger partial charge in [0.15, 0.2) is 17.4 Å². The minimum absolute atomic E-state index is 0.0336. The van der Waals surface area contributed by atoms with Crippen LogP contribution in [-0.4, -0.2) is 81.9 Å². The molecule has 1 aliphatic rings. The lowest BCUT2D eigenvalue weighted by Crippen LogP contribution is -2.39. The SMILES string of the molecule is NC1=NC(/C=C/CNC(=O)c2cc(Br)c[nH]2)(c2[nH]c(N)nc2/C=C/CNC(=O)c2cc(Br)c[nH]2)C(=NCCS(=O)(=O)O)N1. The number of hydrogen-bond acceptors (Lipinski definition) is 9. The molecule has 1 aliphatic heterocycles. The zero-order chi connectivity index (χ0) is 31.2. The van der Waals surface area contributed by atoms with Gasteiger partial charge in [0.25, 0.3) is 21.9 Å². The molecule has 228 valence electrons. The van der Waals surface area contributed by atoms with Gasteiger partial charge in [-0.3, -0.25) is 19.1 Å². The number of rotatable bonds is 12. The van der Waals surface area contributed by atoms with Crippen LogP contribution in [0.5, 0.6) is 0 Å². The smallest absolute Gasteiger partial charge is 0.267 e. The molecule has 0 aromatic carbocycles. The number of amides is 2. The minimum Gasteiger partial charge on any atom is -0.370 e. The third-order valence-corrected chi connectivity index (χ3v) is 7.45. The van der Waals surface area contributed by atoms with E-state index >= 15 is 0 Å². The average molecular weight is 741 g/mol. The zero-order valence-corrected chi connectivity index (χ0v) is 26.2. The van der Waals surface area contributed by atoms with E-state index in [2.05, 4.69) is 77.7 Å². The van der Waals surface area contributed by atoms with Gasteiger partial charge in [-0.05, 0) is 56.1 Å². The first-order valence-corrected chi connectivity index (χ1v) is 15.6. The molecule has 0 fully saturated rings. The highest BCUT2D eigenvalue weighted by molar-refractivity contribution is 9.10. The number of hydrogen-bond donors (Lipinski definition) is 9. The maximum absolute atomic E-state index is 12.5. The monoisotopic (exact) mass is 739 g/mol. The van der Waals surface area contributed by atoms with Gasteiger partial charge in [-0.15, -0.1) is 0 Å². The molecule has 1 unspecified atom stereocenters. The highest BCUT2D eigenvalue weighted by atomic mass is 79.9. The van der Waals surface area contributed by atoms with Gasteiger partial charge in [-0.2, -0.15) is 8.42 Å². The number of aliphatic imine (C=N–C) groups is 2. The topological polar surface area (TPSA) is 262 Å². The van der Waals surface area contributed by atoms with Crippen LogP contribution in [0, 0.1) is 0 Å². The van der Waals surface area contributed by atoms with Crippen molar-refractivity contribution < 1.29 is 22.6 Å². The van der Waals surface area contributed by atoms with Crippen molar-refractivity contribution in [1.29, 1.82) is 0 Å². The Hall–Kier alpha value is -4.20.